The molecule has 2 aromatic rings. The molecule has 0 radical (unpaired) electrons. The van der Waals surface area contributed by atoms with Crippen molar-refractivity contribution >= 4 is 23.1 Å². The number of hydrogen-bond acceptors (Lipinski definition) is 3. The average molecular weight is 276 g/mol. The standard InChI is InChI=1S/C15H18ClN3/c1-2-7-17-15-10-14(6-8-18-15)19-11-12-4-3-5-13(16)9-12/h3-6,8-10H,2,7,11H2,1H3,(H2,17,18,19). The Balaban J connectivity index is 1.95. The van der Waals surface area contributed by atoms with Gasteiger partial charge in [-0.05, 0) is 30.2 Å². The van der Waals surface area contributed by atoms with Crippen LogP contribution in [0, 0.1) is 0 Å². The molecule has 0 fully saturated rings. The molecule has 0 atom stereocenters. The monoisotopic (exact) mass is 275 g/mol. The molecule has 100 valence electrons. The predicted molar refractivity (Wildman–Crippen MR) is 81.8 cm³/mol. The lowest BCUT2D eigenvalue weighted by Crippen LogP contribution is -2.04. The first-order valence-corrected chi connectivity index (χ1v) is 6.84. The molecular formula is C15H18ClN3. The van der Waals surface area contributed by atoms with Gasteiger partial charge < -0.3 is 10.6 Å². The largest absolute Gasteiger partial charge is 0.381 e. The molecule has 0 spiro atoms. The fraction of sp³-hybridized carbons (Fsp3) is 0.267. The van der Waals surface area contributed by atoms with Gasteiger partial charge in [0.05, 0.1) is 0 Å². The molecule has 2 rings (SSSR count). The number of rotatable bonds is 6. The average Bonchev–Trinajstić information content (AvgIpc) is 2.43. The van der Waals surface area contributed by atoms with Gasteiger partial charge in [-0.25, -0.2) is 4.98 Å². The summed E-state index contributed by atoms with van der Waals surface area (Å²) in [6.45, 7) is 3.82. The molecule has 1 heterocycles. The van der Waals surface area contributed by atoms with Gasteiger partial charge in [-0.15, -0.1) is 0 Å². The van der Waals surface area contributed by atoms with Crippen molar-refractivity contribution in [2.75, 3.05) is 17.2 Å². The van der Waals surface area contributed by atoms with E-state index in [9.17, 15) is 0 Å². The van der Waals surface area contributed by atoms with E-state index in [1.807, 2.05) is 30.3 Å². The minimum absolute atomic E-state index is 0.748. The summed E-state index contributed by atoms with van der Waals surface area (Å²) in [5.74, 6) is 0.901. The van der Waals surface area contributed by atoms with Crippen LogP contribution in [-0.4, -0.2) is 11.5 Å². The Bertz CT molecular complexity index is 528. The van der Waals surface area contributed by atoms with E-state index in [1.54, 1.807) is 6.20 Å². The Labute approximate surface area is 119 Å². The van der Waals surface area contributed by atoms with Crippen molar-refractivity contribution in [3.63, 3.8) is 0 Å². The van der Waals surface area contributed by atoms with Crippen LogP contribution in [0.3, 0.4) is 0 Å². The van der Waals surface area contributed by atoms with Crippen molar-refractivity contribution in [1.29, 1.82) is 0 Å². The van der Waals surface area contributed by atoms with E-state index in [-0.39, 0.29) is 0 Å². The lowest BCUT2D eigenvalue weighted by Gasteiger charge is -2.09. The van der Waals surface area contributed by atoms with Gasteiger partial charge in [0.25, 0.3) is 0 Å². The highest BCUT2D eigenvalue weighted by Crippen LogP contribution is 2.15. The van der Waals surface area contributed by atoms with Crippen LogP contribution in [0.15, 0.2) is 42.6 Å². The number of nitrogens with one attached hydrogen (secondary N) is 2. The molecule has 1 aromatic carbocycles. The summed E-state index contributed by atoms with van der Waals surface area (Å²) < 4.78 is 0. The minimum atomic E-state index is 0.748. The maximum absolute atomic E-state index is 5.96. The highest BCUT2D eigenvalue weighted by atomic mass is 35.5. The second-order valence-corrected chi connectivity index (χ2v) is 4.78. The maximum atomic E-state index is 5.96. The van der Waals surface area contributed by atoms with Gasteiger partial charge >= 0.3 is 0 Å². The summed E-state index contributed by atoms with van der Waals surface area (Å²) in [6, 6.07) is 11.8. The molecule has 0 saturated carbocycles. The summed E-state index contributed by atoms with van der Waals surface area (Å²) in [4.78, 5) is 4.27. The summed E-state index contributed by atoms with van der Waals surface area (Å²) in [7, 11) is 0. The number of nitrogens with zero attached hydrogens (tertiary/aromatic N) is 1. The van der Waals surface area contributed by atoms with Crippen LogP contribution in [0.5, 0.6) is 0 Å². The summed E-state index contributed by atoms with van der Waals surface area (Å²) in [5.41, 5.74) is 2.21. The Morgan fingerprint density at radius 3 is 2.84 bits per heavy atom. The van der Waals surface area contributed by atoms with Crippen LogP contribution >= 0.6 is 11.6 Å². The van der Waals surface area contributed by atoms with Crippen LogP contribution in [-0.2, 0) is 6.54 Å². The third-order valence-corrected chi connectivity index (χ3v) is 2.94. The van der Waals surface area contributed by atoms with Crippen LogP contribution in [0.2, 0.25) is 5.02 Å². The van der Waals surface area contributed by atoms with Crippen molar-refractivity contribution in [3.8, 4) is 0 Å². The quantitative estimate of drug-likeness (QED) is 0.831. The van der Waals surface area contributed by atoms with E-state index in [2.05, 4.69) is 28.6 Å². The van der Waals surface area contributed by atoms with E-state index in [0.29, 0.717) is 0 Å². The van der Waals surface area contributed by atoms with Gasteiger partial charge in [0, 0.05) is 36.1 Å². The van der Waals surface area contributed by atoms with E-state index < -0.39 is 0 Å². The van der Waals surface area contributed by atoms with Crippen molar-refractivity contribution in [3.05, 3.63) is 53.2 Å². The Morgan fingerprint density at radius 2 is 2.05 bits per heavy atom. The van der Waals surface area contributed by atoms with E-state index >= 15 is 0 Å². The third kappa shape index (κ3) is 4.45. The molecule has 0 bridgehead atoms. The van der Waals surface area contributed by atoms with E-state index in [4.69, 9.17) is 11.6 Å². The summed E-state index contributed by atoms with van der Waals surface area (Å²) >= 11 is 5.96. The van der Waals surface area contributed by atoms with Gasteiger partial charge in [0.2, 0.25) is 0 Å². The molecule has 3 nitrogen and oxygen atoms in total. The van der Waals surface area contributed by atoms with Crippen molar-refractivity contribution < 1.29 is 0 Å². The van der Waals surface area contributed by atoms with E-state index in [1.165, 1.54) is 0 Å². The second kappa shape index (κ2) is 7.00. The van der Waals surface area contributed by atoms with Crippen LogP contribution in [0.25, 0.3) is 0 Å². The fourth-order valence-electron chi connectivity index (χ4n) is 1.74. The zero-order valence-corrected chi connectivity index (χ0v) is 11.7. The molecular weight excluding hydrogens is 258 g/mol. The van der Waals surface area contributed by atoms with Gasteiger partial charge in [-0.1, -0.05) is 30.7 Å². The molecule has 4 heteroatoms. The van der Waals surface area contributed by atoms with Crippen molar-refractivity contribution in [2.24, 2.45) is 0 Å². The molecule has 0 saturated heterocycles. The Hall–Kier alpha value is -1.74. The molecule has 2 N–H and O–H groups in total. The topological polar surface area (TPSA) is 37.0 Å². The number of pyridine rings is 1. The zero-order chi connectivity index (χ0) is 13.5. The van der Waals surface area contributed by atoms with Crippen LogP contribution in [0.1, 0.15) is 18.9 Å². The highest BCUT2D eigenvalue weighted by molar-refractivity contribution is 6.30. The Kier molecular flexibility index (Phi) is 5.04. The highest BCUT2D eigenvalue weighted by Gasteiger charge is 1.98. The lowest BCUT2D eigenvalue weighted by atomic mass is 10.2. The zero-order valence-electron chi connectivity index (χ0n) is 11.0. The number of benzene rings is 1. The molecule has 19 heavy (non-hydrogen) atoms. The van der Waals surface area contributed by atoms with Gasteiger partial charge in [-0.3, -0.25) is 0 Å². The van der Waals surface area contributed by atoms with E-state index in [0.717, 1.165) is 41.6 Å². The number of aromatic nitrogens is 1. The second-order valence-electron chi connectivity index (χ2n) is 4.34. The molecule has 0 aliphatic carbocycles. The number of halogens is 1. The van der Waals surface area contributed by atoms with Crippen LogP contribution in [0.4, 0.5) is 11.5 Å². The molecule has 0 amide bonds. The maximum Gasteiger partial charge on any atom is 0.127 e. The summed E-state index contributed by atoms with van der Waals surface area (Å²) in [6.07, 6.45) is 2.89. The first kappa shape index (κ1) is 13.7. The Morgan fingerprint density at radius 1 is 1.16 bits per heavy atom. The smallest absolute Gasteiger partial charge is 0.127 e. The molecule has 0 aliphatic rings. The van der Waals surface area contributed by atoms with Gasteiger partial charge in [0.15, 0.2) is 0 Å². The molecule has 1 aromatic heterocycles. The van der Waals surface area contributed by atoms with Crippen molar-refractivity contribution in [1.82, 2.24) is 4.98 Å². The number of anilines is 2. The summed E-state index contributed by atoms with van der Waals surface area (Å²) in [5, 5.41) is 7.40. The fourth-order valence-corrected chi connectivity index (χ4v) is 1.95. The lowest BCUT2D eigenvalue weighted by molar-refractivity contribution is 0.969. The van der Waals surface area contributed by atoms with Crippen molar-refractivity contribution in [2.45, 2.75) is 19.9 Å². The SMILES string of the molecule is CCCNc1cc(NCc2cccc(Cl)c2)ccn1. The first-order chi connectivity index (χ1) is 9.28. The molecule has 0 unspecified atom stereocenters. The normalized spacial score (nSPS) is 10.2. The third-order valence-electron chi connectivity index (χ3n) is 2.70. The first-order valence-electron chi connectivity index (χ1n) is 6.46. The predicted octanol–water partition coefficient (Wildman–Crippen LogP) is 4.17. The minimum Gasteiger partial charge on any atom is -0.381 e. The number of hydrogen-bond donors (Lipinski definition) is 2. The van der Waals surface area contributed by atoms with Gasteiger partial charge in [-0.2, -0.15) is 0 Å². The molecule has 0 aliphatic heterocycles. The van der Waals surface area contributed by atoms with Gasteiger partial charge in [0.1, 0.15) is 5.82 Å². The van der Waals surface area contributed by atoms with Crippen LogP contribution < -0.4 is 10.6 Å².